The lowest BCUT2D eigenvalue weighted by Gasteiger charge is -2.01. The molecule has 0 bridgehead atoms. The Balaban J connectivity index is 0.000000180. The summed E-state index contributed by atoms with van der Waals surface area (Å²) in [5.74, 6) is -0.165. The molecule has 4 rings (SSSR count). The lowest BCUT2D eigenvalue weighted by molar-refractivity contribution is 0.101. The van der Waals surface area contributed by atoms with E-state index in [2.05, 4.69) is 10.3 Å². The largest absolute Gasteiger partial charge is 0.507 e. The summed E-state index contributed by atoms with van der Waals surface area (Å²) < 4.78 is 5.00. The number of aryl methyl sites for hydroxylation is 1. The second-order valence-corrected chi connectivity index (χ2v) is 8.28. The number of phenols is 2. The normalized spacial score (nSPS) is 10.7. The van der Waals surface area contributed by atoms with Gasteiger partial charge in [0.15, 0.2) is 11.4 Å². The molecular weight excluding hydrogens is 503 g/mol. The van der Waals surface area contributed by atoms with E-state index in [0.29, 0.717) is 26.3 Å². The maximum atomic E-state index is 10.8. The Labute approximate surface area is 210 Å². The monoisotopic (exact) mass is 522 g/mol. The highest BCUT2D eigenvalue weighted by Gasteiger charge is 2.06. The number of hydrogen-bond donors (Lipinski definition) is 3. The van der Waals surface area contributed by atoms with Gasteiger partial charge < -0.3 is 19.9 Å². The molecule has 0 saturated heterocycles. The number of fused-ring (bicyclic) bond motifs is 1. The van der Waals surface area contributed by atoms with Crippen LogP contribution >= 0.6 is 34.8 Å². The fourth-order valence-corrected chi connectivity index (χ4v) is 3.19. The van der Waals surface area contributed by atoms with Crippen LogP contribution in [-0.4, -0.2) is 32.1 Å². The molecule has 0 atom stereocenters. The number of benzene rings is 3. The second-order valence-electron chi connectivity index (χ2n) is 6.97. The van der Waals surface area contributed by atoms with Crippen molar-refractivity contribution in [1.82, 2.24) is 5.16 Å². The van der Waals surface area contributed by atoms with Crippen molar-refractivity contribution in [2.75, 3.05) is 0 Å². The van der Waals surface area contributed by atoms with Gasteiger partial charge in [-0.1, -0.05) is 45.1 Å². The number of aromatic nitrogens is 1. The Morgan fingerprint density at radius 1 is 0.853 bits per heavy atom. The second kappa shape index (κ2) is 12.3. The van der Waals surface area contributed by atoms with E-state index >= 15 is 0 Å². The summed E-state index contributed by atoms with van der Waals surface area (Å²) >= 11 is 17.0. The van der Waals surface area contributed by atoms with Crippen molar-refractivity contribution in [2.24, 2.45) is 5.16 Å². The van der Waals surface area contributed by atoms with E-state index in [9.17, 15) is 9.90 Å². The maximum Gasteiger partial charge on any atom is 0.167 e. The summed E-state index contributed by atoms with van der Waals surface area (Å²) in [5.41, 5.74) is 2.69. The zero-order valence-electron chi connectivity index (χ0n) is 18.4. The first-order valence-electron chi connectivity index (χ1n) is 9.72. The third kappa shape index (κ3) is 7.38. The predicted octanol–water partition coefficient (Wildman–Crippen LogP) is 7.28. The van der Waals surface area contributed by atoms with Crippen LogP contribution in [0.5, 0.6) is 11.5 Å². The molecule has 0 spiro atoms. The van der Waals surface area contributed by atoms with Crippen LogP contribution in [0.4, 0.5) is 0 Å². The molecule has 0 saturated carbocycles. The number of phenolic OH excluding ortho intramolecular Hbond substituents is 2. The van der Waals surface area contributed by atoms with Crippen LogP contribution in [0.3, 0.4) is 0 Å². The summed E-state index contributed by atoms with van der Waals surface area (Å²) in [4.78, 5) is 10.8. The van der Waals surface area contributed by atoms with E-state index in [-0.39, 0.29) is 22.8 Å². The number of Topliss-reactive ketones (excluding diaryl/α,β-unsaturated/α-hetero) is 1. The van der Waals surface area contributed by atoms with Gasteiger partial charge in [-0.25, -0.2) is 0 Å². The van der Waals surface area contributed by atoms with E-state index in [1.807, 2.05) is 19.1 Å². The fourth-order valence-electron chi connectivity index (χ4n) is 2.67. The fraction of sp³-hybridized carbons (Fsp3) is 0.125. The quantitative estimate of drug-likeness (QED) is 0.110. The van der Waals surface area contributed by atoms with Crippen LogP contribution in [0, 0.1) is 6.92 Å². The molecule has 0 aliphatic rings. The summed E-state index contributed by atoms with van der Waals surface area (Å²) in [5, 5.41) is 36.2. The molecule has 34 heavy (non-hydrogen) atoms. The highest BCUT2D eigenvalue weighted by molar-refractivity contribution is 6.31. The van der Waals surface area contributed by atoms with Gasteiger partial charge in [-0.2, -0.15) is 0 Å². The predicted molar refractivity (Wildman–Crippen MR) is 134 cm³/mol. The standard InChI is InChI=1S/C8H8ClNO2.C8H6ClNO.C8H7ClO2/c1-5(10-12)7-4-6(9)2-3-8(7)11;1-5-7-4-6(9)2-3-8(7)11-10-5;1-5(10)7-4-6(9)2-3-8(7)11/h2-4,11-12H,1H3;2-4H,1H3;2-4,11H,1H3/b10-5+;;. The van der Waals surface area contributed by atoms with Gasteiger partial charge in [0.05, 0.1) is 17.0 Å². The minimum atomic E-state index is -0.190. The third-order valence-corrected chi connectivity index (χ3v) is 5.15. The number of rotatable bonds is 2. The number of aromatic hydroxyl groups is 2. The average molecular weight is 524 g/mol. The van der Waals surface area contributed by atoms with Crippen LogP contribution < -0.4 is 0 Å². The minimum Gasteiger partial charge on any atom is -0.507 e. The molecule has 3 N–H and O–H groups in total. The number of ketones is 1. The number of hydrogen-bond acceptors (Lipinski definition) is 7. The minimum absolute atomic E-state index is 0.0260. The van der Waals surface area contributed by atoms with Crippen molar-refractivity contribution in [3.8, 4) is 11.5 Å². The zero-order chi connectivity index (χ0) is 25.4. The first-order valence-corrected chi connectivity index (χ1v) is 10.9. The lowest BCUT2D eigenvalue weighted by atomic mass is 10.1. The molecule has 0 unspecified atom stereocenters. The van der Waals surface area contributed by atoms with Crippen molar-refractivity contribution in [2.45, 2.75) is 20.8 Å². The van der Waals surface area contributed by atoms with Crippen molar-refractivity contribution < 1.29 is 24.7 Å². The maximum absolute atomic E-state index is 10.8. The van der Waals surface area contributed by atoms with E-state index in [1.54, 1.807) is 19.1 Å². The Hall–Kier alpha value is -3.26. The number of carbonyl (C=O) groups excluding carboxylic acids is 1. The van der Waals surface area contributed by atoms with E-state index in [1.165, 1.54) is 37.3 Å². The van der Waals surface area contributed by atoms with Gasteiger partial charge in [0.25, 0.3) is 0 Å². The molecule has 0 aliphatic heterocycles. The molecule has 4 aromatic rings. The van der Waals surface area contributed by atoms with Crippen molar-refractivity contribution in [1.29, 1.82) is 0 Å². The number of oxime groups is 1. The molecule has 1 heterocycles. The lowest BCUT2D eigenvalue weighted by Crippen LogP contribution is -1.94. The number of nitrogens with zero attached hydrogens (tertiary/aromatic N) is 2. The van der Waals surface area contributed by atoms with Gasteiger partial charge in [-0.05, 0) is 75.4 Å². The van der Waals surface area contributed by atoms with Gasteiger partial charge in [-0.3, -0.25) is 4.79 Å². The van der Waals surface area contributed by atoms with Gasteiger partial charge in [0.2, 0.25) is 0 Å². The third-order valence-electron chi connectivity index (χ3n) is 4.45. The molecule has 10 heteroatoms. The number of halogens is 3. The Morgan fingerprint density at radius 3 is 1.88 bits per heavy atom. The summed E-state index contributed by atoms with van der Waals surface area (Å²) in [6.07, 6.45) is 0. The zero-order valence-corrected chi connectivity index (χ0v) is 20.7. The van der Waals surface area contributed by atoms with Crippen LogP contribution in [0.1, 0.15) is 35.5 Å². The van der Waals surface area contributed by atoms with Gasteiger partial charge in [-0.15, -0.1) is 0 Å². The Bertz CT molecular complexity index is 1340. The topological polar surface area (TPSA) is 116 Å². The van der Waals surface area contributed by atoms with E-state index in [0.717, 1.165) is 16.7 Å². The molecule has 0 radical (unpaired) electrons. The molecule has 178 valence electrons. The Kier molecular flexibility index (Phi) is 9.74. The molecular formula is C24H21Cl3N2O5. The van der Waals surface area contributed by atoms with Crippen LogP contribution in [0.15, 0.2) is 64.3 Å². The molecule has 0 aliphatic carbocycles. The summed E-state index contributed by atoms with van der Waals surface area (Å²) in [7, 11) is 0. The average Bonchev–Trinajstić information content (AvgIpc) is 3.17. The first kappa shape index (κ1) is 27.0. The summed E-state index contributed by atoms with van der Waals surface area (Å²) in [6.45, 7) is 4.85. The summed E-state index contributed by atoms with van der Waals surface area (Å²) in [6, 6.07) is 14.4. The molecule has 0 fully saturated rings. The van der Waals surface area contributed by atoms with Crippen LogP contribution in [0.2, 0.25) is 15.1 Å². The first-order chi connectivity index (χ1) is 16.0. The van der Waals surface area contributed by atoms with Gasteiger partial charge >= 0.3 is 0 Å². The van der Waals surface area contributed by atoms with Crippen LogP contribution in [0.25, 0.3) is 11.0 Å². The molecule has 3 aromatic carbocycles. The van der Waals surface area contributed by atoms with Crippen molar-refractivity contribution in [3.05, 3.63) is 86.5 Å². The number of carbonyl (C=O) groups is 1. The highest BCUT2D eigenvalue weighted by Crippen LogP contribution is 2.23. The highest BCUT2D eigenvalue weighted by atomic mass is 35.5. The Morgan fingerprint density at radius 2 is 1.35 bits per heavy atom. The van der Waals surface area contributed by atoms with E-state index < -0.39 is 0 Å². The molecule has 7 nitrogen and oxygen atoms in total. The van der Waals surface area contributed by atoms with E-state index in [4.69, 9.17) is 49.6 Å². The van der Waals surface area contributed by atoms with Gasteiger partial charge in [0.1, 0.15) is 11.5 Å². The smallest absolute Gasteiger partial charge is 0.167 e. The SMILES string of the molecule is C/C(=N\O)c1cc(Cl)ccc1O.CC(=O)c1cc(Cl)ccc1O.Cc1noc2ccc(Cl)cc12. The molecule has 0 amide bonds. The van der Waals surface area contributed by atoms with Crippen molar-refractivity contribution >= 4 is 57.3 Å². The van der Waals surface area contributed by atoms with Gasteiger partial charge in [0, 0.05) is 26.0 Å². The van der Waals surface area contributed by atoms with Crippen molar-refractivity contribution in [3.63, 3.8) is 0 Å². The molecule has 1 aromatic heterocycles. The van der Waals surface area contributed by atoms with Crippen LogP contribution in [-0.2, 0) is 0 Å².